The molecule has 26 heavy (non-hydrogen) atoms. The molecule has 0 aliphatic heterocycles. The van der Waals surface area contributed by atoms with Gasteiger partial charge in [0, 0.05) is 11.4 Å². The summed E-state index contributed by atoms with van der Waals surface area (Å²) in [7, 11) is 0. The molecule has 2 aromatic heterocycles. The molecule has 0 unspecified atom stereocenters. The Hall–Kier alpha value is -2.51. The molecule has 1 aliphatic rings. The molecular formula is C18H25N5O3. The molecule has 0 radical (unpaired) electrons. The molecule has 0 bridgehead atoms. The highest BCUT2D eigenvalue weighted by molar-refractivity contribution is 5.88. The van der Waals surface area contributed by atoms with Gasteiger partial charge in [-0.05, 0) is 39.7 Å². The standard InChI is InChI=1S/C18H25N5O3/c1-4-26-16(25)18(8-6-5-7-9-18)21-15(24)11-14-20-17-19-12(2)10-13(3)23(17)22-14/h10H,4-9,11H2,1-3H3,(H,21,24). The second kappa shape index (κ2) is 7.39. The highest BCUT2D eigenvalue weighted by Gasteiger charge is 2.42. The fraction of sp³-hybridized carbons (Fsp3) is 0.611. The van der Waals surface area contributed by atoms with Gasteiger partial charge >= 0.3 is 5.97 Å². The number of carbonyl (C=O) groups is 2. The van der Waals surface area contributed by atoms with Gasteiger partial charge in [0.25, 0.3) is 5.78 Å². The van der Waals surface area contributed by atoms with E-state index in [2.05, 4.69) is 20.4 Å². The fourth-order valence-electron chi connectivity index (χ4n) is 3.54. The molecule has 0 spiro atoms. The van der Waals surface area contributed by atoms with Crippen LogP contribution in [0.2, 0.25) is 0 Å². The lowest BCUT2D eigenvalue weighted by atomic mass is 9.81. The van der Waals surface area contributed by atoms with Gasteiger partial charge in [-0.2, -0.15) is 4.98 Å². The average Bonchev–Trinajstić information content (AvgIpc) is 2.98. The van der Waals surface area contributed by atoms with Crippen molar-refractivity contribution in [2.45, 2.75) is 64.8 Å². The second-order valence-corrected chi connectivity index (χ2v) is 6.87. The van der Waals surface area contributed by atoms with Crippen LogP contribution in [0.25, 0.3) is 5.78 Å². The van der Waals surface area contributed by atoms with Gasteiger partial charge < -0.3 is 10.1 Å². The Kier molecular flexibility index (Phi) is 5.20. The van der Waals surface area contributed by atoms with Gasteiger partial charge in [0.2, 0.25) is 5.91 Å². The Bertz CT molecular complexity index is 824. The first-order chi connectivity index (χ1) is 12.4. The third-order valence-corrected chi connectivity index (χ3v) is 4.73. The molecule has 3 rings (SSSR count). The highest BCUT2D eigenvalue weighted by Crippen LogP contribution is 2.29. The number of amides is 1. The summed E-state index contributed by atoms with van der Waals surface area (Å²) in [6.07, 6.45) is 4.08. The normalized spacial score (nSPS) is 16.4. The van der Waals surface area contributed by atoms with Crippen molar-refractivity contribution in [3.63, 3.8) is 0 Å². The monoisotopic (exact) mass is 359 g/mol. The third-order valence-electron chi connectivity index (χ3n) is 4.73. The van der Waals surface area contributed by atoms with E-state index < -0.39 is 5.54 Å². The average molecular weight is 359 g/mol. The smallest absolute Gasteiger partial charge is 0.331 e. The number of ether oxygens (including phenoxy) is 1. The predicted molar refractivity (Wildman–Crippen MR) is 94.6 cm³/mol. The van der Waals surface area contributed by atoms with Crippen molar-refractivity contribution >= 4 is 17.7 Å². The Labute approximate surface area is 152 Å². The molecule has 1 amide bonds. The van der Waals surface area contributed by atoms with E-state index in [-0.39, 0.29) is 18.3 Å². The molecule has 1 fully saturated rings. The van der Waals surface area contributed by atoms with Crippen LogP contribution in [0.4, 0.5) is 0 Å². The summed E-state index contributed by atoms with van der Waals surface area (Å²) in [5.74, 6) is 0.246. The van der Waals surface area contributed by atoms with Crippen molar-refractivity contribution in [3.05, 3.63) is 23.3 Å². The molecule has 2 heterocycles. The van der Waals surface area contributed by atoms with Crippen molar-refractivity contribution in [1.29, 1.82) is 0 Å². The van der Waals surface area contributed by atoms with Crippen LogP contribution in [0, 0.1) is 13.8 Å². The molecule has 8 nitrogen and oxygen atoms in total. The van der Waals surface area contributed by atoms with Crippen molar-refractivity contribution in [1.82, 2.24) is 24.9 Å². The first-order valence-corrected chi connectivity index (χ1v) is 9.11. The maximum absolute atomic E-state index is 12.6. The van der Waals surface area contributed by atoms with Crippen LogP contribution < -0.4 is 5.32 Å². The molecule has 0 aromatic carbocycles. The molecular weight excluding hydrogens is 334 g/mol. The first kappa shape index (κ1) is 18.3. The van der Waals surface area contributed by atoms with E-state index in [1.807, 2.05) is 19.9 Å². The second-order valence-electron chi connectivity index (χ2n) is 6.87. The minimum Gasteiger partial charge on any atom is -0.464 e. The topological polar surface area (TPSA) is 98.5 Å². The van der Waals surface area contributed by atoms with E-state index in [0.717, 1.165) is 30.7 Å². The highest BCUT2D eigenvalue weighted by atomic mass is 16.5. The van der Waals surface area contributed by atoms with Crippen LogP contribution in [-0.4, -0.2) is 43.6 Å². The minimum atomic E-state index is -0.921. The maximum atomic E-state index is 12.6. The Morgan fingerprint density at radius 1 is 1.23 bits per heavy atom. The molecule has 1 N–H and O–H groups in total. The van der Waals surface area contributed by atoms with E-state index >= 15 is 0 Å². The van der Waals surface area contributed by atoms with Gasteiger partial charge in [-0.15, -0.1) is 5.10 Å². The molecule has 8 heteroatoms. The number of hydrogen-bond acceptors (Lipinski definition) is 6. The number of nitrogens with zero attached hydrogens (tertiary/aromatic N) is 4. The van der Waals surface area contributed by atoms with E-state index in [1.54, 1.807) is 11.4 Å². The van der Waals surface area contributed by atoms with Crippen molar-refractivity contribution < 1.29 is 14.3 Å². The number of aryl methyl sites for hydroxylation is 2. The summed E-state index contributed by atoms with van der Waals surface area (Å²) in [6.45, 7) is 5.88. The number of fused-ring (bicyclic) bond motifs is 1. The van der Waals surface area contributed by atoms with Gasteiger partial charge in [-0.1, -0.05) is 19.3 Å². The van der Waals surface area contributed by atoms with E-state index in [1.165, 1.54) is 0 Å². The van der Waals surface area contributed by atoms with Gasteiger partial charge in [0.05, 0.1) is 13.0 Å². The van der Waals surface area contributed by atoms with E-state index in [9.17, 15) is 9.59 Å². The lowest BCUT2D eigenvalue weighted by Crippen LogP contribution is -2.56. The van der Waals surface area contributed by atoms with Gasteiger partial charge in [-0.25, -0.2) is 14.3 Å². The van der Waals surface area contributed by atoms with E-state index in [4.69, 9.17) is 4.74 Å². The van der Waals surface area contributed by atoms with Gasteiger partial charge in [0.15, 0.2) is 5.82 Å². The zero-order valence-electron chi connectivity index (χ0n) is 15.5. The molecule has 1 aliphatic carbocycles. The number of aromatic nitrogens is 4. The number of nitrogens with one attached hydrogen (secondary N) is 1. The van der Waals surface area contributed by atoms with Crippen LogP contribution in [0.5, 0.6) is 0 Å². The van der Waals surface area contributed by atoms with Crippen LogP contribution in [0.3, 0.4) is 0 Å². The quantitative estimate of drug-likeness (QED) is 0.816. The largest absolute Gasteiger partial charge is 0.464 e. The number of carbonyl (C=O) groups excluding carboxylic acids is 2. The summed E-state index contributed by atoms with van der Waals surface area (Å²) in [6, 6.07) is 1.91. The van der Waals surface area contributed by atoms with Crippen LogP contribution in [-0.2, 0) is 20.7 Å². The number of esters is 1. The fourth-order valence-corrected chi connectivity index (χ4v) is 3.54. The van der Waals surface area contributed by atoms with Gasteiger partial charge in [0.1, 0.15) is 5.54 Å². The zero-order valence-corrected chi connectivity index (χ0v) is 15.5. The number of rotatable bonds is 5. The zero-order chi connectivity index (χ0) is 18.7. The van der Waals surface area contributed by atoms with Crippen LogP contribution in [0.15, 0.2) is 6.07 Å². The Morgan fingerprint density at radius 3 is 2.65 bits per heavy atom. The molecule has 140 valence electrons. The van der Waals surface area contributed by atoms with Crippen LogP contribution >= 0.6 is 0 Å². The summed E-state index contributed by atoms with van der Waals surface area (Å²) in [5, 5.41) is 7.27. The molecule has 2 aromatic rings. The Balaban J connectivity index is 1.76. The summed E-state index contributed by atoms with van der Waals surface area (Å²) in [5.41, 5.74) is 0.832. The molecule has 1 saturated carbocycles. The minimum absolute atomic E-state index is 0.00298. The van der Waals surface area contributed by atoms with Gasteiger partial charge in [-0.3, -0.25) is 4.79 Å². The third kappa shape index (κ3) is 3.68. The summed E-state index contributed by atoms with van der Waals surface area (Å²) < 4.78 is 6.84. The Morgan fingerprint density at radius 2 is 1.96 bits per heavy atom. The van der Waals surface area contributed by atoms with Crippen molar-refractivity contribution in [2.75, 3.05) is 6.61 Å². The van der Waals surface area contributed by atoms with Crippen LogP contribution in [0.1, 0.15) is 56.2 Å². The SMILES string of the molecule is CCOC(=O)C1(NC(=O)Cc2nc3nc(C)cc(C)n3n2)CCCCC1. The van der Waals surface area contributed by atoms with Crippen molar-refractivity contribution in [3.8, 4) is 0 Å². The van der Waals surface area contributed by atoms with Crippen molar-refractivity contribution in [2.24, 2.45) is 0 Å². The molecule has 0 atom stereocenters. The number of hydrogen-bond donors (Lipinski definition) is 1. The summed E-state index contributed by atoms with van der Waals surface area (Å²) >= 11 is 0. The lowest BCUT2D eigenvalue weighted by Gasteiger charge is -2.35. The lowest BCUT2D eigenvalue weighted by molar-refractivity contribution is -0.155. The maximum Gasteiger partial charge on any atom is 0.331 e. The van der Waals surface area contributed by atoms with E-state index in [0.29, 0.717) is 31.1 Å². The summed E-state index contributed by atoms with van der Waals surface area (Å²) in [4.78, 5) is 33.7. The first-order valence-electron chi connectivity index (χ1n) is 9.11. The predicted octanol–water partition coefficient (Wildman–Crippen LogP) is 1.67. The molecule has 0 saturated heterocycles.